The maximum atomic E-state index is 12.0. The smallest absolute Gasteiger partial charge is 0.325 e. The largest absolute Gasteiger partial charge is 0.465 e. The van der Waals surface area contributed by atoms with E-state index >= 15 is 0 Å². The van der Waals surface area contributed by atoms with Gasteiger partial charge in [-0.3, -0.25) is 14.4 Å². The maximum absolute atomic E-state index is 12.0. The molecule has 7 heteroatoms. The molecule has 1 amide bonds. The zero-order valence-electron chi connectivity index (χ0n) is 12.9. The van der Waals surface area contributed by atoms with Gasteiger partial charge in [-0.15, -0.1) is 0 Å². The highest BCUT2D eigenvalue weighted by Gasteiger charge is 2.10. The molecule has 23 heavy (non-hydrogen) atoms. The van der Waals surface area contributed by atoms with Gasteiger partial charge in [0, 0.05) is 17.5 Å². The molecule has 0 aliphatic rings. The number of benzene rings is 1. The summed E-state index contributed by atoms with van der Waals surface area (Å²) in [6, 6.07) is 8.10. The first-order valence-electron chi connectivity index (χ1n) is 6.89. The van der Waals surface area contributed by atoms with E-state index in [2.05, 4.69) is 10.6 Å². The molecule has 1 rings (SSSR count). The minimum atomic E-state index is -0.649. The van der Waals surface area contributed by atoms with Gasteiger partial charge in [0.05, 0.1) is 6.61 Å². The van der Waals surface area contributed by atoms with Gasteiger partial charge in [0.1, 0.15) is 18.2 Å². The van der Waals surface area contributed by atoms with E-state index in [1.165, 1.54) is 13.0 Å². The van der Waals surface area contributed by atoms with Crippen LogP contribution in [0.2, 0.25) is 0 Å². The molecule has 0 aliphatic carbocycles. The summed E-state index contributed by atoms with van der Waals surface area (Å²) < 4.78 is 4.70. The van der Waals surface area contributed by atoms with Crippen LogP contribution >= 0.6 is 0 Å². The highest BCUT2D eigenvalue weighted by molar-refractivity contribution is 6.07. The van der Waals surface area contributed by atoms with Gasteiger partial charge in [0.25, 0.3) is 5.91 Å². The first-order chi connectivity index (χ1) is 11.0. The fraction of sp³-hybridized carbons (Fsp3) is 0.250. The lowest BCUT2D eigenvalue weighted by molar-refractivity contribution is -0.141. The normalized spacial score (nSPS) is 10.4. The fourth-order valence-corrected chi connectivity index (χ4v) is 1.61. The standard InChI is InChI=1S/C16H17N3O4/c1-3-23-15(21)10-18-9-13(8-17)16(22)19-14-6-4-5-12(7-14)11(2)20/h4-7,9,18H,3,10H2,1-2H3,(H,19,22)/b13-9-. The molecular weight excluding hydrogens is 298 g/mol. The van der Waals surface area contributed by atoms with E-state index < -0.39 is 11.9 Å². The van der Waals surface area contributed by atoms with Crippen molar-refractivity contribution in [2.75, 3.05) is 18.5 Å². The Labute approximate surface area is 133 Å². The van der Waals surface area contributed by atoms with Crippen molar-refractivity contribution in [2.45, 2.75) is 13.8 Å². The number of hydrogen-bond acceptors (Lipinski definition) is 6. The third kappa shape index (κ3) is 6.01. The molecule has 0 unspecified atom stereocenters. The number of Topliss-reactive ketones (excluding diaryl/α,β-unsaturated/α-hetero) is 1. The maximum Gasteiger partial charge on any atom is 0.325 e. The molecule has 0 aromatic heterocycles. The first kappa shape index (κ1) is 17.9. The van der Waals surface area contributed by atoms with Crippen molar-refractivity contribution in [1.82, 2.24) is 5.32 Å². The van der Waals surface area contributed by atoms with Crippen LogP contribution in [0.15, 0.2) is 36.0 Å². The summed E-state index contributed by atoms with van der Waals surface area (Å²) in [7, 11) is 0. The predicted octanol–water partition coefficient (Wildman–Crippen LogP) is 1.39. The Morgan fingerprint density at radius 1 is 1.35 bits per heavy atom. The van der Waals surface area contributed by atoms with Crippen LogP contribution in [0, 0.1) is 11.3 Å². The first-order valence-corrected chi connectivity index (χ1v) is 6.89. The van der Waals surface area contributed by atoms with Crippen molar-refractivity contribution in [3.05, 3.63) is 41.6 Å². The zero-order chi connectivity index (χ0) is 17.2. The van der Waals surface area contributed by atoms with Gasteiger partial charge in [-0.25, -0.2) is 0 Å². The third-order valence-corrected chi connectivity index (χ3v) is 2.69. The molecular formula is C16H17N3O4. The highest BCUT2D eigenvalue weighted by Crippen LogP contribution is 2.12. The van der Waals surface area contributed by atoms with E-state index in [0.29, 0.717) is 11.3 Å². The second-order valence-electron chi connectivity index (χ2n) is 4.45. The lowest BCUT2D eigenvalue weighted by Gasteiger charge is -2.06. The molecule has 1 aromatic carbocycles. The monoisotopic (exact) mass is 315 g/mol. The number of ether oxygens (including phenoxy) is 1. The topological polar surface area (TPSA) is 108 Å². The van der Waals surface area contributed by atoms with Gasteiger partial charge >= 0.3 is 5.97 Å². The van der Waals surface area contributed by atoms with Crippen LogP contribution in [-0.2, 0) is 14.3 Å². The quantitative estimate of drug-likeness (QED) is 0.341. The van der Waals surface area contributed by atoms with E-state index in [-0.39, 0.29) is 24.5 Å². The van der Waals surface area contributed by atoms with E-state index in [1.807, 2.05) is 0 Å². The van der Waals surface area contributed by atoms with Crippen LogP contribution in [0.5, 0.6) is 0 Å². The van der Waals surface area contributed by atoms with Crippen molar-refractivity contribution in [1.29, 1.82) is 5.26 Å². The lowest BCUT2D eigenvalue weighted by atomic mass is 10.1. The Morgan fingerprint density at radius 3 is 2.70 bits per heavy atom. The molecule has 7 nitrogen and oxygen atoms in total. The summed E-state index contributed by atoms with van der Waals surface area (Å²) in [4.78, 5) is 34.4. The minimum absolute atomic E-state index is 0.131. The number of nitriles is 1. The molecule has 0 aliphatic heterocycles. The number of carbonyl (C=O) groups excluding carboxylic acids is 3. The van der Waals surface area contributed by atoms with Crippen molar-refractivity contribution >= 4 is 23.3 Å². The molecule has 0 saturated carbocycles. The number of nitrogens with one attached hydrogen (secondary N) is 2. The lowest BCUT2D eigenvalue weighted by Crippen LogP contribution is -2.22. The summed E-state index contributed by atoms with van der Waals surface area (Å²) in [6.45, 7) is 3.20. The Hall–Kier alpha value is -3.14. The zero-order valence-corrected chi connectivity index (χ0v) is 12.9. The van der Waals surface area contributed by atoms with Gasteiger partial charge in [-0.05, 0) is 26.0 Å². The number of amides is 1. The average Bonchev–Trinajstić information content (AvgIpc) is 2.52. The summed E-state index contributed by atoms with van der Waals surface area (Å²) in [5.41, 5.74) is 0.641. The summed E-state index contributed by atoms with van der Waals surface area (Å²) in [5, 5.41) is 14.1. The molecule has 0 heterocycles. The van der Waals surface area contributed by atoms with Crippen LogP contribution in [-0.4, -0.2) is 30.8 Å². The van der Waals surface area contributed by atoms with Crippen LogP contribution in [0.4, 0.5) is 5.69 Å². The number of nitrogens with zero attached hydrogens (tertiary/aromatic N) is 1. The third-order valence-electron chi connectivity index (χ3n) is 2.69. The van der Waals surface area contributed by atoms with Crippen molar-refractivity contribution < 1.29 is 19.1 Å². The number of esters is 1. The molecule has 0 fully saturated rings. The highest BCUT2D eigenvalue weighted by atomic mass is 16.5. The molecule has 0 atom stereocenters. The molecule has 0 spiro atoms. The predicted molar refractivity (Wildman–Crippen MR) is 83.4 cm³/mol. The van der Waals surface area contributed by atoms with E-state index in [1.54, 1.807) is 31.2 Å². The van der Waals surface area contributed by atoms with Crippen LogP contribution in [0.3, 0.4) is 0 Å². The Bertz CT molecular complexity index is 674. The second-order valence-corrected chi connectivity index (χ2v) is 4.45. The number of anilines is 1. The number of hydrogen-bond donors (Lipinski definition) is 2. The summed E-state index contributed by atoms with van der Waals surface area (Å²) in [6.07, 6.45) is 1.14. The molecule has 0 saturated heterocycles. The number of carbonyl (C=O) groups is 3. The average molecular weight is 315 g/mol. The number of ketones is 1. The molecule has 120 valence electrons. The van der Waals surface area contributed by atoms with Gasteiger partial charge in [-0.1, -0.05) is 12.1 Å². The van der Waals surface area contributed by atoms with Crippen LogP contribution < -0.4 is 10.6 Å². The Morgan fingerprint density at radius 2 is 2.09 bits per heavy atom. The second kappa shape index (κ2) is 9.00. The van der Waals surface area contributed by atoms with Gasteiger partial charge in [0.2, 0.25) is 0 Å². The fourth-order valence-electron chi connectivity index (χ4n) is 1.61. The Kier molecular flexibility index (Phi) is 7.01. The van der Waals surface area contributed by atoms with Crippen molar-refractivity contribution in [3.63, 3.8) is 0 Å². The van der Waals surface area contributed by atoms with Crippen molar-refractivity contribution in [3.8, 4) is 6.07 Å². The van der Waals surface area contributed by atoms with Crippen LogP contribution in [0.1, 0.15) is 24.2 Å². The van der Waals surface area contributed by atoms with Gasteiger partial charge in [-0.2, -0.15) is 5.26 Å². The minimum Gasteiger partial charge on any atom is -0.465 e. The van der Waals surface area contributed by atoms with E-state index in [4.69, 9.17) is 10.00 Å². The van der Waals surface area contributed by atoms with Crippen LogP contribution in [0.25, 0.3) is 0 Å². The summed E-state index contributed by atoms with van der Waals surface area (Å²) >= 11 is 0. The number of rotatable bonds is 7. The van der Waals surface area contributed by atoms with Crippen molar-refractivity contribution in [2.24, 2.45) is 0 Å². The van der Waals surface area contributed by atoms with E-state index in [9.17, 15) is 14.4 Å². The van der Waals surface area contributed by atoms with E-state index in [0.717, 1.165) is 6.20 Å². The molecule has 0 radical (unpaired) electrons. The molecule has 2 N–H and O–H groups in total. The summed E-state index contributed by atoms with van der Waals surface area (Å²) in [5.74, 6) is -1.27. The van der Waals surface area contributed by atoms with Gasteiger partial charge in [0.15, 0.2) is 5.78 Å². The molecule has 0 bridgehead atoms. The SMILES string of the molecule is CCOC(=O)CN/C=C(/C#N)C(=O)Nc1cccc(C(C)=O)c1. The Balaban J connectivity index is 2.70. The molecule has 1 aromatic rings. The van der Waals surface area contributed by atoms with Gasteiger partial charge < -0.3 is 15.4 Å².